The van der Waals surface area contributed by atoms with Crippen LogP contribution in [0.3, 0.4) is 0 Å². The van der Waals surface area contributed by atoms with E-state index in [-0.39, 0.29) is 18.5 Å². The maximum Gasteiger partial charge on any atom is 0.231 e. The minimum Gasteiger partial charge on any atom is -0.454 e. The van der Waals surface area contributed by atoms with E-state index >= 15 is 0 Å². The highest BCUT2D eigenvalue weighted by atomic mass is 35.5. The summed E-state index contributed by atoms with van der Waals surface area (Å²) >= 11 is 11.3. The van der Waals surface area contributed by atoms with Crippen molar-refractivity contribution in [1.29, 1.82) is 0 Å². The number of ketones is 1. The average molecular weight is 233 g/mol. The van der Waals surface area contributed by atoms with Crippen LogP contribution in [0, 0.1) is 0 Å². The predicted molar refractivity (Wildman–Crippen MR) is 52.6 cm³/mol. The van der Waals surface area contributed by atoms with Crippen molar-refractivity contribution in [3.05, 3.63) is 22.7 Å². The zero-order valence-electron chi connectivity index (χ0n) is 7.05. The van der Waals surface area contributed by atoms with Gasteiger partial charge in [-0.2, -0.15) is 0 Å². The summed E-state index contributed by atoms with van der Waals surface area (Å²) in [7, 11) is 0. The topological polar surface area (TPSA) is 35.5 Å². The molecule has 0 saturated heterocycles. The van der Waals surface area contributed by atoms with Gasteiger partial charge < -0.3 is 9.47 Å². The predicted octanol–water partition coefficient (Wildman–Crippen LogP) is 2.49. The summed E-state index contributed by atoms with van der Waals surface area (Å²) in [5.41, 5.74) is 0.439. The molecule has 1 aliphatic rings. The second kappa shape index (κ2) is 3.67. The Labute approximate surface area is 90.5 Å². The largest absolute Gasteiger partial charge is 0.454 e. The number of hydrogen-bond donors (Lipinski definition) is 0. The van der Waals surface area contributed by atoms with Gasteiger partial charge in [-0.1, -0.05) is 11.6 Å². The van der Waals surface area contributed by atoms with Crippen LogP contribution in [-0.2, 0) is 0 Å². The van der Waals surface area contributed by atoms with E-state index < -0.39 is 0 Å². The zero-order chi connectivity index (χ0) is 10.1. The highest BCUT2D eigenvalue weighted by Crippen LogP contribution is 2.39. The number of Topliss-reactive ketones (excluding diaryl/α,β-unsaturated/α-hetero) is 1. The van der Waals surface area contributed by atoms with Crippen LogP contribution in [0.25, 0.3) is 0 Å². The van der Waals surface area contributed by atoms with Crippen LogP contribution >= 0.6 is 23.2 Å². The number of carbonyl (C=O) groups excluding carboxylic acids is 1. The van der Waals surface area contributed by atoms with Crippen LogP contribution in [-0.4, -0.2) is 18.5 Å². The van der Waals surface area contributed by atoms with E-state index in [1.807, 2.05) is 0 Å². The first-order valence-corrected chi connectivity index (χ1v) is 4.82. The van der Waals surface area contributed by atoms with Gasteiger partial charge in [-0.3, -0.25) is 4.79 Å². The van der Waals surface area contributed by atoms with E-state index in [0.29, 0.717) is 22.1 Å². The molecule has 0 saturated carbocycles. The Bertz CT molecular complexity index is 390. The van der Waals surface area contributed by atoms with Crippen LogP contribution in [0.2, 0.25) is 5.02 Å². The van der Waals surface area contributed by atoms with E-state index in [4.69, 9.17) is 32.7 Å². The van der Waals surface area contributed by atoms with Crippen molar-refractivity contribution < 1.29 is 14.3 Å². The number of carbonyl (C=O) groups is 1. The monoisotopic (exact) mass is 232 g/mol. The van der Waals surface area contributed by atoms with Gasteiger partial charge in [0.15, 0.2) is 17.3 Å². The quantitative estimate of drug-likeness (QED) is 0.581. The van der Waals surface area contributed by atoms with Crippen LogP contribution in [0.5, 0.6) is 11.5 Å². The Hall–Kier alpha value is -0.930. The molecule has 3 nitrogen and oxygen atoms in total. The van der Waals surface area contributed by atoms with E-state index in [1.54, 1.807) is 6.07 Å². The van der Waals surface area contributed by atoms with Crippen molar-refractivity contribution in [3.8, 4) is 11.5 Å². The van der Waals surface area contributed by atoms with Gasteiger partial charge in [0.1, 0.15) is 0 Å². The third-order valence-corrected chi connectivity index (χ3v) is 2.39. The Morgan fingerprint density at radius 2 is 2.21 bits per heavy atom. The first kappa shape index (κ1) is 9.62. The minimum absolute atomic E-state index is 0.0734. The number of fused-ring (bicyclic) bond motifs is 1. The Morgan fingerprint density at radius 3 is 2.93 bits per heavy atom. The maximum absolute atomic E-state index is 11.3. The molecule has 0 aromatic heterocycles. The van der Waals surface area contributed by atoms with Gasteiger partial charge in [0.05, 0.1) is 10.9 Å². The lowest BCUT2D eigenvalue weighted by molar-refractivity contribution is 0.102. The highest BCUT2D eigenvalue weighted by molar-refractivity contribution is 6.34. The fourth-order valence-electron chi connectivity index (χ4n) is 1.21. The smallest absolute Gasteiger partial charge is 0.231 e. The second-order valence-corrected chi connectivity index (χ2v) is 3.42. The summed E-state index contributed by atoms with van der Waals surface area (Å²) in [5.74, 6) is 0.714. The Balaban J connectivity index is 2.46. The molecule has 1 aliphatic heterocycles. The molecule has 5 heteroatoms. The van der Waals surface area contributed by atoms with Crippen molar-refractivity contribution in [2.45, 2.75) is 0 Å². The van der Waals surface area contributed by atoms with Gasteiger partial charge >= 0.3 is 0 Å². The van der Waals surface area contributed by atoms with Gasteiger partial charge in [-0.25, -0.2) is 0 Å². The Kier molecular flexibility index (Phi) is 2.52. The number of hydrogen-bond acceptors (Lipinski definition) is 3. The summed E-state index contributed by atoms with van der Waals surface area (Å²) in [4.78, 5) is 11.3. The lowest BCUT2D eigenvalue weighted by atomic mass is 10.1. The highest BCUT2D eigenvalue weighted by Gasteiger charge is 2.20. The van der Waals surface area contributed by atoms with E-state index in [9.17, 15) is 4.79 Å². The van der Waals surface area contributed by atoms with Gasteiger partial charge in [0, 0.05) is 5.56 Å². The van der Waals surface area contributed by atoms with Gasteiger partial charge in [0.2, 0.25) is 6.79 Å². The van der Waals surface area contributed by atoms with Crippen LogP contribution in [0.4, 0.5) is 0 Å². The molecule has 0 unspecified atom stereocenters. The standard InChI is InChI=1S/C9H6Cl2O3/c10-3-7(12)5-1-6(11)9-8(2-5)13-4-14-9/h1-2H,3-4H2. The molecule has 1 aromatic rings. The minimum atomic E-state index is -0.188. The zero-order valence-corrected chi connectivity index (χ0v) is 8.56. The van der Waals surface area contributed by atoms with E-state index in [1.165, 1.54) is 6.07 Å². The van der Waals surface area contributed by atoms with Gasteiger partial charge in [-0.05, 0) is 12.1 Å². The normalized spacial score (nSPS) is 13.0. The molecule has 1 aromatic carbocycles. The first-order valence-electron chi connectivity index (χ1n) is 3.90. The molecule has 0 atom stereocenters. The van der Waals surface area contributed by atoms with Crippen molar-refractivity contribution in [2.75, 3.05) is 12.7 Å². The molecule has 14 heavy (non-hydrogen) atoms. The molecule has 0 amide bonds. The summed E-state index contributed by atoms with van der Waals surface area (Å²) < 4.78 is 10.2. The fraction of sp³-hybridized carbons (Fsp3) is 0.222. The number of benzene rings is 1. The lowest BCUT2D eigenvalue weighted by Crippen LogP contribution is -1.99. The van der Waals surface area contributed by atoms with E-state index in [2.05, 4.69) is 0 Å². The number of ether oxygens (including phenoxy) is 2. The molecule has 2 rings (SSSR count). The Morgan fingerprint density at radius 1 is 1.43 bits per heavy atom. The molecule has 0 bridgehead atoms. The number of halogens is 2. The number of alkyl halides is 1. The maximum atomic E-state index is 11.3. The number of rotatable bonds is 2. The van der Waals surface area contributed by atoms with Crippen LogP contribution < -0.4 is 9.47 Å². The molecular formula is C9H6Cl2O3. The van der Waals surface area contributed by atoms with Crippen molar-refractivity contribution >= 4 is 29.0 Å². The lowest BCUT2D eigenvalue weighted by Gasteiger charge is -2.02. The molecule has 1 heterocycles. The molecule has 74 valence electrons. The first-order chi connectivity index (χ1) is 6.72. The molecule has 0 fully saturated rings. The van der Waals surface area contributed by atoms with Crippen molar-refractivity contribution in [3.63, 3.8) is 0 Å². The summed E-state index contributed by atoms with van der Waals surface area (Å²) in [6.07, 6.45) is 0. The molecule has 0 N–H and O–H groups in total. The van der Waals surface area contributed by atoms with Gasteiger partial charge in [0.25, 0.3) is 0 Å². The SMILES string of the molecule is O=C(CCl)c1cc(Cl)c2c(c1)OCO2. The average Bonchev–Trinajstić information content (AvgIpc) is 2.64. The van der Waals surface area contributed by atoms with Crippen molar-refractivity contribution in [1.82, 2.24) is 0 Å². The molecule has 0 spiro atoms. The molecule has 0 aliphatic carbocycles. The summed E-state index contributed by atoms with van der Waals surface area (Å²) in [6, 6.07) is 3.11. The summed E-state index contributed by atoms with van der Waals surface area (Å²) in [5, 5.41) is 0.369. The second-order valence-electron chi connectivity index (χ2n) is 2.75. The third kappa shape index (κ3) is 1.53. The third-order valence-electron chi connectivity index (χ3n) is 1.87. The van der Waals surface area contributed by atoms with Crippen LogP contribution in [0.15, 0.2) is 12.1 Å². The van der Waals surface area contributed by atoms with Crippen LogP contribution in [0.1, 0.15) is 10.4 Å². The molecular weight excluding hydrogens is 227 g/mol. The van der Waals surface area contributed by atoms with Crippen molar-refractivity contribution in [2.24, 2.45) is 0 Å². The fourth-order valence-corrected chi connectivity index (χ4v) is 1.63. The van der Waals surface area contributed by atoms with E-state index in [0.717, 1.165) is 0 Å². The van der Waals surface area contributed by atoms with Gasteiger partial charge in [-0.15, -0.1) is 11.6 Å². The summed E-state index contributed by atoms with van der Waals surface area (Å²) in [6.45, 7) is 0.133. The molecule has 0 radical (unpaired) electrons.